The highest BCUT2D eigenvalue weighted by atomic mass is 32.1. The molecule has 2 aromatic carbocycles. The number of para-hydroxylation sites is 1. The smallest absolute Gasteiger partial charge is 0.259 e. The molecule has 0 saturated carbocycles. The number of carbonyl (C=O) groups excluding carboxylic acids is 2. The first kappa shape index (κ1) is 17.6. The van der Waals surface area contributed by atoms with Crippen LogP contribution in [0.5, 0.6) is 5.75 Å². The SMILES string of the molecule is Cc1nc(-c2ccc(NC(=O)c3ccccc3OCC(N)=O)cc2)cs1. The lowest BCUT2D eigenvalue weighted by Crippen LogP contribution is -2.21. The molecule has 1 heterocycles. The summed E-state index contributed by atoms with van der Waals surface area (Å²) in [6.07, 6.45) is 0. The normalized spacial score (nSPS) is 10.3. The van der Waals surface area contributed by atoms with E-state index in [1.165, 1.54) is 0 Å². The van der Waals surface area contributed by atoms with Crippen LogP contribution in [0.15, 0.2) is 53.9 Å². The molecule has 0 spiro atoms. The lowest BCUT2D eigenvalue weighted by molar-refractivity contribution is -0.119. The zero-order valence-electron chi connectivity index (χ0n) is 14.1. The van der Waals surface area contributed by atoms with Gasteiger partial charge in [-0.2, -0.15) is 0 Å². The first-order valence-electron chi connectivity index (χ1n) is 7.87. The van der Waals surface area contributed by atoms with E-state index in [0.717, 1.165) is 16.3 Å². The van der Waals surface area contributed by atoms with E-state index in [1.807, 2.05) is 36.6 Å². The number of carbonyl (C=O) groups is 2. The number of nitrogens with one attached hydrogen (secondary N) is 1. The third kappa shape index (κ3) is 4.25. The number of hydrogen-bond donors (Lipinski definition) is 2. The number of aromatic nitrogens is 1. The summed E-state index contributed by atoms with van der Waals surface area (Å²) in [5.74, 6) is -0.631. The van der Waals surface area contributed by atoms with E-state index in [1.54, 1.807) is 35.6 Å². The molecule has 26 heavy (non-hydrogen) atoms. The lowest BCUT2D eigenvalue weighted by atomic mass is 10.1. The van der Waals surface area contributed by atoms with Crippen molar-refractivity contribution in [2.24, 2.45) is 5.73 Å². The topological polar surface area (TPSA) is 94.3 Å². The maximum absolute atomic E-state index is 12.5. The second-order valence-electron chi connectivity index (χ2n) is 5.53. The second kappa shape index (κ2) is 7.79. The molecule has 0 fully saturated rings. The van der Waals surface area contributed by atoms with Crippen molar-refractivity contribution >= 4 is 28.8 Å². The zero-order valence-corrected chi connectivity index (χ0v) is 14.9. The Bertz CT molecular complexity index is 935. The molecular formula is C19H17N3O3S. The second-order valence-corrected chi connectivity index (χ2v) is 6.60. The maximum atomic E-state index is 12.5. The molecule has 132 valence electrons. The molecule has 0 aliphatic rings. The Morgan fingerprint density at radius 1 is 1.15 bits per heavy atom. The Kier molecular flexibility index (Phi) is 5.28. The van der Waals surface area contributed by atoms with Gasteiger partial charge in [-0.25, -0.2) is 4.98 Å². The molecule has 3 aromatic rings. The van der Waals surface area contributed by atoms with Crippen LogP contribution in [0.3, 0.4) is 0 Å². The molecule has 3 rings (SSSR count). The molecule has 0 unspecified atom stereocenters. The lowest BCUT2D eigenvalue weighted by Gasteiger charge is -2.11. The summed E-state index contributed by atoms with van der Waals surface area (Å²) in [5.41, 5.74) is 7.96. The Morgan fingerprint density at radius 3 is 2.54 bits per heavy atom. The minimum absolute atomic E-state index is 0.286. The summed E-state index contributed by atoms with van der Waals surface area (Å²) < 4.78 is 5.29. The fourth-order valence-electron chi connectivity index (χ4n) is 2.35. The minimum Gasteiger partial charge on any atom is -0.483 e. The molecule has 3 N–H and O–H groups in total. The van der Waals surface area contributed by atoms with E-state index in [4.69, 9.17) is 10.5 Å². The fourth-order valence-corrected chi connectivity index (χ4v) is 2.97. The van der Waals surface area contributed by atoms with Crippen LogP contribution in [-0.2, 0) is 4.79 Å². The number of primary amides is 1. The highest BCUT2D eigenvalue weighted by Crippen LogP contribution is 2.24. The van der Waals surface area contributed by atoms with Crippen molar-refractivity contribution in [2.75, 3.05) is 11.9 Å². The van der Waals surface area contributed by atoms with E-state index in [-0.39, 0.29) is 12.5 Å². The number of anilines is 1. The van der Waals surface area contributed by atoms with Gasteiger partial charge in [0.05, 0.1) is 16.3 Å². The molecular weight excluding hydrogens is 350 g/mol. The Labute approximate surface area is 154 Å². The molecule has 6 nitrogen and oxygen atoms in total. The maximum Gasteiger partial charge on any atom is 0.259 e. The predicted molar refractivity (Wildman–Crippen MR) is 101 cm³/mol. The summed E-state index contributed by atoms with van der Waals surface area (Å²) in [7, 11) is 0. The number of benzene rings is 2. The van der Waals surface area contributed by atoms with Crippen molar-refractivity contribution in [2.45, 2.75) is 6.92 Å². The summed E-state index contributed by atoms with van der Waals surface area (Å²) in [6, 6.07) is 14.1. The van der Waals surface area contributed by atoms with Gasteiger partial charge in [0.1, 0.15) is 5.75 Å². The van der Waals surface area contributed by atoms with Crippen LogP contribution < -0.4 is 15.8 Å². The van der Waals surface area contributed by atoms with E-state index in [9.17, 15) is 9.59 Å². The molecule has 0 radical (unpaired) electrons. The van der Waals surface area contributed by atoms with Crippen LogP contribution >= 0.6 is 11.3 Å². The Morgan fingerprint density at radius 2 is 1.88 bits per heavy atom. The zero-order chi connectivity index (χ0) is 18.5. The monoisotopic (exact) mass is 367 g/mol. The van der Waals surface area contributed by atoms with Gasteiger partial charge in [0, 0.05) is 16.6 Å². The number of amides is 2. The number of ether oxygens (including phenoxy) is 1. The van der Waals surface area contributed by atoms with Crippen molar-refractivity contribution in [1.82, 2.24) is 4.98 Å². The van der Waals surface area contributed by atoms with Crippen molar-refractivity contribution in [3.05, 3.63) is 64.5 Å². The van der Waals surface area contributed by atoms with Gasteiger partial charge in [-0.3, -0.25) is 9.59 Å². The van der Waals surface area contributed by atoms with Crippen molar-refractivity contribution in [1.29, 1.82) is 0 Å². The van der Waals surface area contributed by atoms with Gasteiger partial charge < -0.3 is 15.8 Å². The van der Waals surface area contributed by atoms with Gasteiger partial charge in [0.15, 0.2) is 6.61 Å². The van der Waals surface area contributed by atoms with Gasteiger partial charge in [-0.1, -0.05) is 24.3 Å². The van der Waals surface area contributed by atoms with Gasteiger partial charge in [0.2, 0.25) is 0 Å². The molecule has 0 aliphatic carbocycles. The number of thiazole rings is 1. The van der Waals surface area contributed by atoms with E-state index >= 15 is 0 Å². The standard InChI is InChI=1S/C19H17N3O3S/c1-12-21-16(11-26-12)13-6-8-14(9-7-13)22-19(24)15-4-2-3-5-17(15)25-10-18(20)23/h2-9,11H,10H2,1H3,(H2,20,23)(H,22,24). The quantitative estimate of drug-likeness (QED) is 0.699. The van der Waals surface area contributed by atoms with Gasteiger partial charge in [0.25, 0.3) is 11.8 Å². The number of aryl methyl sites for hydroxylation is 1. The van der Waals surface area contributed by atoms with Crippen LogP contribution in [0.25, 0.3) is 11.3 Å². The van der Waals surface area contributed by atoms with Crippen LogP contribution in [0.2, 0.25) is 0 Å². The first-order valence-corrected chi connectivity index (χ1v) is 8.75. The Hall–Kier alpha value is -3.19. The summed E-state index contributed by atoms with van der Waals surface area (Å²) in [4.78, 5) is 27.8. The first-order chi connectivity index (χ1) is 12.5. The molecule has 0 bridgehead atoms. The van der Waals surface area contributed by atoms with Crippen LogP contribution in [-0.4, -0.2) is 23.4 Å². The van der Waals surface area contributed by atoms with Crippen molar-refractivity contribution in [3.63, 3.8) is 0 Å². The fraction of sp³-hybridized carbons (Fsp3) is 0.105. The van der Waals surface area contributed by atoms with E-state index in [0.29, 0.717) is 17.0 Å². The summed E-state index contributed by atoms with van der Waals surface area (Å²) >= 11 is 1.59. The highest BCUT2D eigenvalue weighted by Gasteiger charge is 2.13. The Balaban J connectivity index is 1.73. The molecule has 7 heteroatoms. The highest BCUT2D eigenvalue weighted by molar-refractivity contribution is 7.09. The van der Waals surface area contributed by atoms with Crippen LogP contribution in [0.1, 0.15) is 15.4 Å². The molecule has 2 amide bonds. The van der Waals surface area contributed by atoms with E-state index < -0.39 is 5.91 Å². The van der Waals surface area contributed by atoms with Crippen molar-refractivity contribution < 1.29 is 14.3 Å². The summed E-state index contributed by atoms with van der Waals surface area (Å²) in [6.45, 7) is 1.67. The number of nitrogens with zero attached hydrogens (tertiary/aromatic N) is 1. The van der Waals surface area contributed by atoms with Crippen LogP contribution in [0, 0.1) is 6.92 Å². The van der Waals surface area contributed by atoms with Gasteiger partial charge >= 0.3 is 0 Å². The number of nitrogens with two attached hydrogens (primary N) is 1. The number of hydrogen-bond acceptors (Lipinski definition) is 5. The average molecular weight is 367 g/mol. The average Bonchev–Trinajstić information content (AvgIpc) is 3.07. The number of rotatable bonds is 6. The molecule has 0 atom stereocenters. The summed E-state index contributed by atoms with van der Waals surface area (Å²) in [5, 5.41) is 5.82. The predicted octanol–water partition coefficient (Wildman–Crippen LogP) is 3.23. The van der Waals surface area contributed by atoms with Gasteiger partial charge in [-0.05, 0) is 31.2 Å². The van der Waals surface area contributed by atoms with Crippen LogP contribution in [0.4, 0.5) is 5.69 Å². The minimum atomic E-state index is -0.604. The largest absolute Gasteiger partial charge is 0.483 e. The van der Waals surface area contributed by atoms with Gasteiger partial charge in [-0.15, -0.1) is 11.3 Å². The molecule has 0 aliphatic heterocycles. The van der Waals surface area contributed by atoms with Crippen molar-refractivity contribution in [3.8, 4) is 17.0 Å². The third-order valence-electron chi connectivity index (χ3n) is 3.56. The third-order valence-corrected chi connectivity index (χ3v) is 4.33. The molecule has 1 aromatic heterocycles. The van der Waals surface area contributed by atoms with E-state index in [2.05, 4.69) is 10.3 Å². The molecule has 0 saturated heterocycles.